The minimum Gasteiger partial charge on any atom is -0.300 e. The molecule has 0 fully saturated rings. The molecule has 0 aliphatic heterocycles. The molecule has 10 heteroatoms. The minimum atomic E-state index is -3.87. The van der Waals surface area contributed by atoms with Crippen LogP contribution in [-0.2, 0) is 14.8 Å². The normalized spacial score (nSPS) is 11.6. The van der Waals surface area contributed by atoms with Crippen LogP contribution in [0.1, 0.15) is 27.2 Å². The fourth-order valence-electron chi connectivity index (χ4n) is 2.10. The highest BCUT2D eigenvalue weighted by molar-refractivity contribution is 7.94. The van der Waals surface area contributed by atoms with E-state index in [-0.39, 0.29) is 27.8 Å². The molecule has 2 rings (SSSR count). The van der Waals surface area contributed by atoms with Crippen molar-refractivity contribution >= 4 is 49.7 Å². The van der Waals surface area contributed by atoms with Gasteiger partial charge in [-0.05, 0) is 37.1 Å². The molecule has 7 nitrogen and oxygen atoms in total. The maximum absolute atomic E-state index is 12.8. The van der Waals surface area contributed by atoms with Crippen molar-refractivity contribution in [3.63, 3.8) is 0 Å². The Morgan fingerprint density at radius 3 is 2.48 bits per heavy atom. The third-order valence-electron chi connectivity index (χ3n) is 3.16. The first-order chi connectivity index (χ1) is 11.7. The van der Waals surface area contributed by atoms with Crippen LogP contribution in [0.4, 0.5) is 10.8 Å². The second-order valence-electron chi connectivity index (χ2n) is 5.67. The van der Waals surface area contributed by atoms with Gasteiger partial charge in [-0.3, -0.25) is 9.10 Å². The molecule has 0 radical (unpaired) electrons. The first-order valence-electron chi connectivity index (χ1n) is 7.65. The van der Waals surface area contributed by atoms with E-state index in [9.17, 15) is 13.2 Å². The van der Waals surface area contributed by atoms with E-state index in [1.807, 2.05) is 13.8 Å². The van der Waals surface area contributed by atoms with Crippen LogP contribution in [-0.4, -0.2) is 31.1 Å². The van der Waals surface area contributed by atoms with Crippen LogP contribution < -0.4 is 9.62 Å². The summed E-state index contributed by atoms with van der Waals surface area (Å²) in [4.78, 5) is 11.8. The molecular formula is C15H19ClN4O3S2. The van der Waals surface area contributed by atoms with Crippen molar-refractivity contribution < 1.29 is 13.2 Å². The molecule has 0 atom stereocenters. The fourth-order valence-corrected chi connectivity index (χ4v) is 4.72. The third kappa shape index (κ3) is 4.90. The zero-order chi connectivity index (χ0) is 18.6. The zero-order valence-electron chi connectivity index (χ0n) is 14.1. The minimum absolute atomic E-state index is 0.163. The summed E-state index contributed by atoms with van der Waals surface area (Å²) >= 11 is 6.68. The SMILES string of the molecule is CCN(c1ccc(Cl)cc1)S(=O)(=O)c1nnc(NC(=O)CC(C)C)s1. The Hall–Kier alpha value is -1.71. The van der Waals surface area contributed by atoms with Gasteiger partial charge in [0, 0.05) is 18.0 Å². The quantitative estimate of drug-likeness (QED) is 0.716. The Kier molecular flexibility index (Phi) is 6.36. The number of hydrogen-bond donors (Lipinski definition) is 1. The summed E-state index contributed by atoms with van der Waals surface area (Å²) in [6.07, 6.45) is 0.327. The van der Waals surface area contributed by atoms with Gasteiger partial charge in [0.25, 0.3) is 14.4 Å². The van der Waals surface area contributed by atoms with Gasteiger partial charge in [0.1, 0.15) is 0 Å². The van der Waals surface area contributed by atoms with Crippen molar-refractivity contribution in [2.75, 3.05) is 16.2 Å². The van der Waals surface area contributed by atoms with Crippen LogP contribution in [0, 0.1) is 5.92 Å². The van der Waals surface area contributed by atoms with Gasteiger partial charge < -0.3 is 5.32 Å². The molecular weight excluding hydrogens is 384 g/mol. The number of anilines is 2. The van der Waals surface area contributed by atoms with Crippen LogP contribution in [0.3, 0.4) is 0 Å². The number of nitrogens with one attached hydrogen (secondary N) is 1. The second kappa shape index (κ2) is 8.11. The van der Waals surface area contributed by atoms with Crippen molar-refractivity contribution in [2.45, 2.75) is 31.5 Å². The van der Waals surface area contributed by atoms with Crippen molar-refractivity contribution in [1.82, 2.24) is 10.2 Å². The number of carbonyl (C=O) groups excluding carboxylic acids is 1. The highest BCUT2D eigenvalue weighted by atomic mass is 35.5. The number of amides is 1. The monoisotopic (exact) mass is 402 g/mol. The molecule has 2 aromatic rings. The number of rotatable bonds is 7. The standard InChI is InChI=1S/C15H19ClN4O3S2/c1-4-20(12-7-5-11(16)6-8-12)25(22,23)15-19-18-14(24-15)17-13(21)9-10(2)3/h5-8,10H,4,9H2,1-3H3,(H,17,18,21). The summed E-state index contributed by atoms with van der Waals surface area (Å²) in [7, 11) is -3.87. The topological polar surface area (TPSA) is 92.3 Å². The predicted molar refractivity (Wildman–Crippen MR) is 99.7 cm³/mol. The Morgan fingerprint density at radius 1 is 1.28 bits per heavy atom. The fraction of sp³-hybridized carbons (Fsp3) is 0.400. The van der Waals surface area contributed by atoms with Crippen molar-refractivity contribution in [3.8, 4) is 0 Å². The highest BCUT2D eigenvalue weighted by Crippen LogP contribution is 2.28. The molecule has 1 heterocycles. The molecule has 0 spiro atoms. The van der Waals surface area contributed by atoms with Gasteiger partial charge >= 0.3 is 0 Å². The average Bonchev–Trinajstić information content (AvgIpc) is 2.98. The van der Waals surface area contributed by atoms with Crippen molar-refractivity contribution in [2.24, 2.45) is 5.92 Å². The summed E-state index contributed by atoms with van der Waals surface area (Å²) < 4.78 is 26.7. The van der Waals surface area contributed by atoms with E-state index in [2.05, 4.69) is 15.5 Å². The number of sulfonamides is 1. The van der Waals surface area contributed by atoms with Gasteiger partial charge in [0.15, 0.2) is 0 Å². The summed E-state index contributed by atoms with van der Waals surface area (Å²) in [5.74, 6) is -0.0308. The van der Waals surface area contributed by atoms with E-state index in [1.54, 1.807) is 31.2 Å². The Bertz CT molecular complexity index is 835. The van der Waals surface area contributed by atoms with E-state index < -0.39 is 10.0 Å². The Morgan fingerprint density at radius 2 is 1.92 bits per heavy atom. The molecule has 0 saturated heterocycles. The van der Waals surface area contributed by atoms with Gasteiger partial charge in [-0.25, -0.2) is 0 Å². The van der Waals surface area contributed by atoms with Gasteiger partial charge in [-0.2, -0.15) is 8.42 Å². The van der Waals surface area contributed by atoms with E-state index >= 15 is 0 Å². The van der Waals surface area contributed by atoms with Gasteiger partial charge in [0.05, 0.1) is 5.69 Å². The van der Waals surface area contributed by atoms with Crippen LogP contribution in [0.2, 0.25) is 5.02 Å². The van der Waals surface area contributed by atoms with Crippen molar-refractivity contribution in [1.29, 1.82) is 0 Å². The molecule has 1 aromatic carbocycles. The lowest BCUT2D eigenvalue weighted by atomic mass is 10.1. The van der Waals surface area contributed by atoms with Crippen molar-refractivity contribution in [3.05, 3.63) is 29.3 Å². The van der Waals surface area contributed by atoms with E-state index in [4.69, 9.17) is 11.6 Å². The molecule has 0 saturated carbocycles. The number of benzene rings is 1. The summed E-state index contributed by atoms with van der Waals surface area (Å²) in [5, 5.41) is 10.7. The lowest BCUT2D eigenvalue weighted by molar-refractivity contribution is -0.116. The lowest BCUT2D eigenvalue weighted by Gasteiger charge is -2.21. The van der Waals surface area contributed by atoms with Gasteiger partial charge in [-0.1, -0.05) is 36.8 Å². The maximum Gasteiger partial charge on any atom is 0.293 e. The average molecular weight is 403 g/mol. The first-order valence-corrected chi connectivity index (χ1v) is 10.3. The smallest absolute Gasteiger partial charge is 0.293 e. The summed E-state index contributed by atoms with van der Waals surface area (Å²) in [6, 6.07) is 6.48. The van der Waals surface area contributed by atoms with Gasteiger partial charge in [-0.15, -0.1) is 10.2 Å². The zero-order valence-corrected chi connectivity index (χ0v) is 16.5. The van der Waals surface area contributed by atoms with Crippen LogP contribution in [0.25, 0.3) is 0 Å². The number of hydrogen-bond acceptors (Lipinski definition) is 6. The van der Waals surface area contributed by atoms with Gasteiger partial charge in [0.2, 0.25) is 11.0 Å². The number of carbonyl (C=O) groups is 1. The number of nitrogens with zero attached hydrogens (tertiary/aromatic N) is 3. The molecule has 0 aliphatic carbocycles. The molecule has 1 N–H and O–H groups in total. The van der Waals surface area contributed by atoms with Crippen LogP contribution >= 0.6 is 22.9 Å². The molecule has 25 heavy (non-hydrogen) atoms. The highest BCUT2D eigenvalue weighted by Gasteiger charge is 2.28. The Labute approximate surface area is 156 Å². The molecule has 1 amide bonds. The van der Waals surface area contributed by atoms with E-state index in [0.717, 1.165) is 11.3 Å². The lowest BCUT2D eigenvalue weighted by Crippen LogP contribution is -2.30. The predicted octanol–water partition coefficient (Wildman–Crippen LogP) is 3.39. The van der Waals surface area contributed by atoms with E-state index in [1.165, 1.54) is 4.31 Å². The molecule has 0 bridgehead atoms. The summed E-state index contributed by atoms with van der Waals surface area (Å²) in [5.41, 5.74) is 0.479. The molecule has 0 unspecified atom stereocenters. The van der Waals surface area contributed by atoms with E-state index in [0.29, 0.717) is 17.1 Å². The number of aromatic nitrogens is 2. The van der Waals surface area contributed by atoms with Crippen LogP contribution in [0.15, 0.2) is 28.6 Å². The number of halogens is 1. The maximum atomic E-state index is 12.8. The second-order valence-corrected chi connectivity index (χ2v) is 9.12. The summed E-state index contributed by atoms with van der Waals surface area (Å²) in [6.45, 7) is 5.78. The molecule has 1 aromatic heterocycles. The Balaban J connectivity index is 2.23. The molecule has 0 aliphatic rings. The first kappa shape index (κ1) is 19.6. The third-order valence-corrected chi connectivity index (χ3v) is 6.50. The van der Waals surface area contributed by atoms with Crippen LogP contribution in [0.5, 0.6) is 0 Å². The largest absolute Gasteiger partial charge is 0.300 e. The molecule has 136 valence electrons.